The summed E-state index contributed by atoms with van der Waals surface area (Å²) in [6.07, 6.45) is 0.560. The van der Waals surface area contributed by atoms with E-state index in [-0.39, 0.29) is 29.2 Å². The van der Waals surface area contributed by atoms with Crippen molar-refractivity contribution >= 4 is 24.0 Å². The van der Waals surface area contributed by atoms with Crippen LogP contribution in [0.25, 0.3) is 0 Å². The Kier molecular flexibility index (Phi) is 6.52. The van der Waals surface area contributed by atoms with Crippen LogP contribution in [0.2, 0.25) is 5.02 Å². The normalized spacial score (nSPS) is 11.8. The van der Waals surface area contributed by atoms with Crippen molar-refractivity contribution in [2.75, 3.05) is 13.7 Å². The molecule has 0 saturated carbocycles. The SMILES string of the molecule is COc1ccc(Cl)c(O)c1[C@@H](N)CCN.Cl. The molecule has 0 spiro atoms. The molecule has 1 rings (SSSR count). The van der Waals surface area contributed by atoms with E-state index in [4.69, 9.17) is 27.8 Å². The molecular weight excluding hydrogens is 251 g/mol. The number of hydrogen-bond acceptors (Lipinski definition) is 4. The lowest BCUT2D eigenvalue weighted by Crippen LogP contribution is -2.16. The maximum atomic E-state index is 9.77. The zero-order chi connectivity index (χ0) is 11.4. The van der Waals surface area contributed by atoms with E-state index in [0.29, 0.717) is 24.3 Å². The standard InChI is InChI=1S/C10H15ClN2O2.ClH/c1-15-8-3-2-6(11)10(14)9(8)7(13)4-5-12;/h2-3,7,14H,4-5,12-13H2,1H3;1H/t7-;/m0./s1. The average molecular weight is 267 g/mol. The highest BCUT2D eigenvalue weighted by Crippen LogP contribution is 2.38. The Balaban J connectivity index is 0.00000225. The molecule has 0 aliphatic rings. The third-order valence-corrected chi connectivity index (χ3v) is 2.50. The number of ether oxygens (including phenoxy) is 1. The smallest absolute Gasteiger partial charge is 0.142 e. The van der Waals surface area contributed by atoms with Crippen LogP contribution < -0.4 is 16.2 Å². The minimum absolute atomic E-state index is 0. The molecule has 0 unspecified atom stereocenters. The summed E-state index contributed by atoms with van der Waals surface area (Å²) in [4.78, 5) is 0. The quantitative estimate of drug-likeness (QED) is 0.777. The fourth-order valence-corrected chi connectivity index (χ4v) is 1.59. The van der Waals surface area contributed by atoms with Gasteiger partial charge in [0.1, 0.15) is 11.5 Å². The molecule has 1 aromatic rings. The van der Waals surface area contributed by atoms with E-state index in [1.165, 1.54) is 7.11 Å². The number of benzene rings is 1. The number of phenols is 1. The van der Waals surface area contributed by atoms with Gasteiger partial charge in [-0.1, -0.05) is 11.6 Å². The van der Waals surface area contributed by atoms with Crippen LogP contribution in [0.5, 0.6) is 11.5 Å². The molecular formula is C10H16Cl2N2O2. The molecule has 0 aliphatic carbocycles. The zero-order valence-electron chi connectivity index (χ0n) is 8.94. The molecule has 6 heteroatoms. The van der Waals surface area contributed by atoms with Crippen molar-refractivity contribution in [3.05, 3.63) is 22.7 Å². The Hall–Kier alpha value is -0.680. The van der Waals surface area contributed by atoms with Gasteiger partial charge < -0.3 is 21.3 Å². The molecule has 4 nitrogen and oxygen atoms in total. The molecule has 0 bridgehead atoms. The minimum atomic E-state index is -0.372. The van der Waals surface area contributed by atoms with Crippen molar-refractivity contribution in [2.24, 2.45) is 11.5 Å². The van der Waals surface area contributed by atoms with Gasteiger partial charge in [-0.2, -0.15) is 0 Å². The number of nitrogens with two attached hydrogens (primary N) is 2. The fourth-order valence-electron chi connectivity index (χ4n) is 1.42. The highest BCUT2D eigenvalue weighted by atomic mass is 35.5. The molecule has 0 saturated heterocycles. The molecule has 16 heavy (non-hydrogen) atoms. The minimum Gasteiger partial charge on any atom is -0.506 e. The molecule has 1 aromatic carbocycles. The average Bonchev–Trinajstić information content (AvgIpc) is 2.22. The molecule has 1 atom stereocenters. The Morgan fingerprint density at radius 1 is 1.50 bits per heavy atom. The molecule has 0 amide bonds. The van der Waals surface area contributed by atoms with Crippen molar-refractivity contribution in [1.82, 2.24) is 0 Å². The van der Waals surface area contributed by atoms with E-state index in [1.807, 2.05) is 0 Å². The van der Waals surface area contributed by atoms with Crippen molar-refractivity contribution in [3.63, 3.8) is 0 Å². The van der Waals surface area contributed by atoms with Gasteiger partial charge in [0, 0.05) is 6.04 Å². The third-order valence-electron chi connectivity index (χ3n) is 2.20. The first-order chi connectivity index (χ1) is 7.11. The number of aromatic hydroxyl groups is 1. The maximum absolute atomic E-state index is 9.77. The maximum Gasteiger partial charge on any atom is 0.142 e. The van der Waals surface area contributed by atoms with Gasteiger partial charge in [-0.05, 0) is 25.1 Å². The van der Waals surface area contributed by atoms with Crippen LogP contribution >= 0.6 is 24.0 Å². The Labute approximate surface area is 106 Å². The third kappa shape index (κ3) is 3.15. The van der Waals surface area contributed by atoms with Gasteiger partial charge in [-0.3, -0.25) is 0 Å². The molecule has 92 valence electrons. The summed E-state index contributed by atoms with van der Waals surface area (Å²) in [6, 6.07) is 2.87. The van der Waals surface area contributed by atoms with Gasteiger partial charge in [0.05, 0.1) is 17.7 Å². The number of methoxy groups -OCH3 is 1. The second-order valence-electron chi connectivity index (χ2n) is 3.20. The topological polar surface area (TPSA) is 81.5 Å². The van der Waals surface area contributed by atoms with Crippen LogP contribution in [0, 0.1) is 0 Å². The molecule has 0 radical (unpaired) electrons. The number of phenolic OH excluding ortho intramolecular Hbond substituents is 1. The molecule has 5 N–H and O–H groups in total. The van der Waals surface area contributed by atoms with E-state index in [9.17, 15) is 5.11 Å². The molecule has 0 heterocycles. The van der Waals surface area contributed by atoms with Gasteiger partial charge in [-0.25, -0.2) is 0 Å². The van der Waals surface area contributed by atoms with E-state index < -0.39 is 0 Å². The van der Waals surface area contributed by atoms with Crippen molar-refractivity contribution in [3.8, 4) is 11.5 Å². The summed E-state index contributed by atoms with van der Waals surface area (Å²) in [6.45, 7) is 0.441. The van der Waals surface area contributed by atoms with E-state index in [0.717, 1.165) is 0 Å². The van der Waals surface area contributed by atoms with Gasteiger partial charge in [-0.15, -0.1) is 12.4 Å². The largest absolute Gasteiger partial charge is 0.506 e. The summed E-state index contributed by atoms with van der Waals surface area (Å²) in [7, 11) is 1.52. The molecule has 0 aliphatic heterocycles. The highest BCUT2D eigenvalue weighted by Gasteiger charge is 2.18. The summed E-state index contributed by atoms with van der Waals surface area (Å²) in [5.74, 6) is 0.495. The van der Waals surface area contributed by atoms with Crippen LogP contribution in [0.3, 0.4) is 0 Å². The van der Waals surface area contributed by atoms with Gasteiger partial charge in [0.2, 0.25) is 0 Å². The Bertz CT molecular complexity index is 348. The summed E-state index contributed by atoms with van der Waals surface area (Å²) >= 11 is 5.79. The van der Waals surface area contributed by atoms with Crippen molar-refractivity contribution in [2.45, 2.75) is 12.5 Å². The lowest BCUT2D eigenvalue weighted by molar-refractivity contribution is 0.392. The number of hydrogen-bond donors (Lipinski definition) is 3. The fraction of sp³-hybridized carbons (Fsp3) is 0.400. The zero-order valence-corrected chi connectivity index (χ0v) is 10.5. The highest BCUT2D eigenvalue weighted by molar-refractivity contribution is 6.32. The number of rotatable bonds is 4. The Morgan fingerprint density at radius 3 is 2.62 bits per heavy atom. The van der Waals surface area contributed by atoms with Gasteiger partial charge in [0.15, 0.2) is 0 Å². The summed E-state index contributed by atoms with van der Waals surface area (Å²) < 4.78 is 5.11. The first-order valence-corrected chi connectivity index (χ1v) is 5.00. The van der Waals surface area contributed by atoms with Gasteiger partial charge >= 0.3 is 0 Å². The van der Waals surface area contributed by atoms with Crippen molar-refractivity contribution < 1.29 is 9.84 Å². The lowest BCUT2D eigenvalue weighted by atomic mass is 10.0. The summed E-state index contributed by atoms with van der Waals surface area (Å²) in [5.41, 5.74) is 11.8. The predicted molar refractivity (Wildman–Crippen MR) is 67.5 cm³/mol. The van der Waals surface area contributed by atoms with Crippen LogP contribution in [0.15, 0.2) is 12.1 Å². The lowest BCUT2D eigenvalue weighted by Gasteiger charge is -2.17. The van der Waals surface area contributed by atoms with E-state index in [1.54, 1.807) is 12.1 Å². The first kappa shape index (κ1) is 15.3. The van der Waals surface area contributed by atoms with E-state index >= 15 is 0 Å². The summed E-state index contributed by atoms with van der Waals surface area (Å²) in [5, 5.41) is 10.0. The van der Waals surface area contributed by atoms with Crippen LogP contribution in [-0.2, 0) is 0 Å². The van der Waals surface area contributed by atoms with Crippen molar-refractivity contribution in [1.29, 1.82) is 0 Å². The second-order valence-corrected chi connectivity index (χ2v) is 3.60. The van der Waals surface area contributed by atoms with E-state index in [2.05, 4.69) is 0 Å². The first-order valence-electron chi connectivity index (χ1n) is 4.62. The van der Waals surface area contributed by atoms with Crippen LogP contribution in [-0.4, -0.2) is 18.8 Å². The van der Waals surface area contributed by atoms with Crippen LogP contribution in [0.1, 0.15) is 18.0 Å². The molecule has 0 aromatic heterocycles. The monoisotopic (exact) mass is 266 g/mol. The predicted octanol–water partition coefficient (Wildman–Crippen LogP) is 1.82. The Morgan fingerprint density at radius 2 is 2.12 bits per heavy atom. The van der Waals surface area contributed by atoms with Gasteiger partial charge in [0.25, 0.3) is 0 Å². The van der Waals surface area contributed by atoms with Crippen LogP contribution in [0.4, 0.5) is 0 Å². The second kappa shape index (κ2) is 6.81. The molecule has 0 fully saturated rings. The number of halogens is 2.